The van der Waals surface area contributed by atoms with Crippen LogP contribution >= 0.6 is 34.5 Å². The molecule has 0 bridgehead atoms. The number of hydrogen-bond acceptors (Lipinski definition) is 3. The average molecular weight is 367 g/mol. The number of fused-ring (bicyclic) bond motifs is 1. The van der Waals surface area contributed by atoms with Gasteiger partial charge in [0.2, 0.25) is 0 Å². The second kappa shape index (κ2) is 7.04. The zero-order chi connectivity index (χ0) is 16.4. The van der Waals surface area contributed by atoms with Gasteiger partial charge >= 0.3 is 0 Å². The smallest absolute Gasteiger partial charge is 0.266 e. The van der Waals surface area contributed by atoms with Crippen LogP contribution in [0.5, 0.6) is 0 Å². The van der Waals surface area contributed by atoms with Crippen LogP contribution in [0.25, 0.3) is 0 Å². The van der Waals surface area contributed by atoms with E-state index in [2.05, 4.69) is 17.5 Å². The van der Waals surface area contributed by atoms with Crippen molar-refractivity contribution in [2.75, 3.05) is 0 Å². The third-order valence-corrected chi connectivity index (χ3v) is 5.97. The van der Waals surface area contributed by atoms with Crippen LogP contribution in [0, 0.1) is 5.92 Å². The summed E-state index contributed by atoms with van der Waals surface area (Å²) in [6, 6.07) is 7.27. The minimum absolute atomic E-state index is 0.188. The van der Waals surface area contributed by atoms with Crippen molar-refractivity contribution in [3.05, 3.63) is 55.2 Å². The van der Waals surface area contributed by atoms with Crippen LogP contribution in [-0.4, -0.2) is 12.1 Å². The lowest BCUT2D eigenvalue weighted by molar-refractivity contribution is 0.0959. The number of nitrogens with one attached hydrogen (secondary N) is 1. The topological polar surface area (TPSA) is 41.5 Å². The van der Waals surface area contributed by atoms with Crippen LogP contribution in [0.3, 0.4) is 0 Å². The Hall–Kier alpha value is -1.36. The molecule has 3 rings (SSSR count). The van der Waals surface area contributed by atoms with Gasteiger partial charge in [0.15, 0.2) is 0 Å². The summed E-state index contributed by atoms with van der Waals surface area (Å²) in [7, 11) is 0. The Bertz CT molecular complexity index is 770. The molecule has 1 N–H and O–H groups in total. The molecule has 1 heterocycles. The summed E-state index contributed by atoms with van der Waals surface area (Å²) in [6.07, 6.45) is 4.82. The van der Waals surface area contributed by atoms with Crippen LogP contribution in [0.2, 0.25) is 10.0 Å². The molecule has 1 atom stereocenters. The van der Waals surface area contributed by atoms with Crippen molar-refractivity contribution in [1.82, 2.24) is 5.43 Å². The number of rotatable bonds is 3. The number of hydrogen-bond donors (Lipinski definition) is 1. The Labute approximate surface area is 149 Å². The highest BCUT2D eigenvalue weighted by Crippen LogP contribution is 2.32. The summed E-state index contributed by atoms with van der Waals surface area (Å²) in [5.41, 5.74) is 4.53. The first-order valence-electron chi connectivity index (χ1n) is 7.43. The highest BCUT2D eigenvalue weighted by molar-refractivity contribution is 7.14. The molecule has 0 unspecified atom stereocenters. The predicted octanol–water partition coefficient (Wildman–Crippen LogP) is 4.94. The zero-order valence-electron chi connectivity index (χ0n) is 12.6. The Kier molecular flexibility index (Phi) is 5.05. The first-order valence-corrected chi connectivity index (χ1v) is 9.01. The molecule has 0 aliphatic heterocycles. The minimum atomic E-state index is -0.188. The molecule has 120 valence electrons. The molecule has 0 fully saturated rings. The van der Waals surface area contributed by atoms with E-state index < -0.39 is 0 Å². The fraction of sp³-hybridized carbons (Fsp3) is 0.294. The lowest BCUT2D eigenvalue weighted by Gasteiger charge is -2.16. The van der Waals surface area contributed by atoms with E-state index >= 15 is 0 Å². The second-order valence-electron chi connectivity index (χ2n) is 5.75. The van der Waals surface area contributed by atoms with Crippen LogP contribution in [-0.2, 0) is 12.8 Å². The van der Waals surface area contributed by atoms with Crippen molar-refractivity contribution in [3.8, 4) is 0 Å². The second-order valence-corrected chi connectivity index (χ2v) is 7.67. The maximum Gasteiger partial charge on any atom is 0.281 e. The van der Waals surface area contributed by atoms with Crippen LogP contribution in [0.15, 0.2) is 29.4 Å². The van der Waals surface area contributed by atoms with E-state index in [1.165, 1.54) is 23.1 Å². The molecule has 1 aromatic carbocycles. The molecule has 1 aliphatic rings. The van der Waals surface area contributed by atoms with E-state index in [4.69, 9.17) is 23.2 Å². The molecule has 0 radical (unpaired) electrons. The van der Waals surface area contributed by atoms with Gasteiger partial charge in [0.05, 0.1) is 21.1 Å². The quantitative estimate of drug-likeness (QED) is 0.606. The molecule has 1 aliphatic carbocycles. The molecule has 3 nitrogen and oxygen atoms in total. The van der Waals surface area contributed by atoms with Crippen molar-refractivity contribution in [3.63, 3.8) is 0 Å². The van der Waals surface area contributed by atoms with Gasteiger partial charge < -0.3 is 0 Å². The Morgan fingerprint density at radius 3 is 3.09 bits per heavy atom. The van der Waals surface area contributed by atoms with Crippen molar-refractivity contribution in [2.24, 2.45) is 11.0 Å². The summed E-state index contributed by atoms with van der Waals surface area (Å²) >= 11 is 13.6. The highest BCUT2D eigenvalue weighted by atomic mass is 35.5. The maximum absolute atomic E-state index is 12.2. The highest BCUT2D eigenvalue weighted by Gasteiger charge is 2.20. The van der Waals surface area contributed by atoms with E-state index in [1.807, 2.05) is 6.07 Å². The SMILES string of the molecule is C[C@H]1CCc2sc(C(=O)N/N=C\c3cccc(Cl)c3Cl)cc2C1. The summed E-state index contributed by atoms with van der Waals surface area (Å²) < 4.78 is 0. The Morgan fingerprint density at radius 2 is 2.26 bits per heavy atom. The minimum Gasteiger partial charge on any atom is -0.266 e. The number of benzene rings is 1. The standard InChI is InChI=1S/C17H16Cl2N2OS/c1-10-5-6-14-12(7-10)8-15(23-14)17(22)21-20-9-11-3-2-4-13(18)16(11)19/h2-4,8-10H,5-7H2,1H3,(H,21,22)/b20-9-/t10-/m0/s1. The lowest BCUT2D eigenvalue weighted by Crippen LogP contribution is -2.16. The number of carbonyl (C=O) groups excluding carboxylic acids is 1. The predicted molar refractivity (Wildman–Crippen MR) is 97.0 cm³/mol. The third-order valence-electron chi connectivity index (χ3n) is 3.90. The molecule has 23 heavy (non-hydrogen) atoms. The molecule has 1 aromatic heterocycles. The Morgan fingerprint density at radius 1 is 1.43 bits per heavy atom. The van der Waals surface area contributed by atoms with E-state index in [1.54, 1.807) is 29.5 Å². The Balaban J connectivity index is 1.68. The fourth-order valence-electron chi connectivity index (χ4n) is 2.65. The summed E-state index contributed by atoms with van der Waals surface area (Å²) in [4.78, 5) is 14.2. The largest absolute Gasteiger partial charge is 0.281 e. The summed E-state index contributed by atoms with van der Waals surface area (Å²) in [5, 5.41) is 4.86. The van der Waals surface area contributed by atoms with Gasteiger partial charge in [0, 0.05) is 10.4 Å². The van der Waals surface area contributed by atoms with Crippen molar-refractivity contribution >= 4 is 46.7 Å². The number of aryl methyl sites for hydroxylation is 1. The number of nitrogens with zero attached hydrogens (tertiary/aromatic N) is 1. The van der Waals surface area contributed by atoms with E-state index in [9.17, 15) is 4.79 Å². The molecule has 2 aromatic rings. The average Bonchev–Trinajstić information content (AvgIpc) is 2.94. The van der Waals surface area contributed by atoms with Crippen LogP contribution in [0.4, 0.5) is 0 Å². The van der Waals surface area contributed by atoms with Gasteiger partial charge in [-0.25, -0.2) is 5.43 Å². The first-order chi connectivity index (χ1) is 11.0. The maximum atomic E-state index is 12.2. The number of halogens is 2. The van der Waals surface area contributed by atoms with Gasteiger partial charge in [-0.2, -0.15) is 5.10 Å². The lowest BCUT2D eigenvalue weighted by atomic mass is 9.90. The molecule has 0 saturated carbocycles. The number of amides is 1. The van der Waals surface area contributed by atoms with Gasteiger partial charge in [-0.05, 0) is 42.9 Å². The van der Waals surface area contributed by atoms with Crippen molar-refractivity contribution < 1.29 is 4.79 Å². The van der Waals surface area contributed by atoms with Gasteiger partial charge in [0.1, 0.15) is 0 Å². The molecule has 0 saturated heterocycles. The summed E-state index contributed by atoms with van der Waals surface area (Å²) in [5.74, 6) is 0.502. The zero-order valence-corrected chi connectivity index (χ0v) is 14.9. The van der Waals surface area contributed by atoms with E-state index in [-0.39, 0.29) is 5.91 Å². The summed E-state index contributed by atoms with van der Waals surface area (Å²) in [6.45, 7) is 2.25. The van der Waals surface area contributed by atoms with Crippen molar-refractivity contribution in [1.29, 1.82) is 0 Å². The third kappa shape index (κ3) is 3.77. The number of thiophene rings is 1. The van der Waals surface area contributed by atoms with Crippen LogP contribution in [0.1, 0.15) is 39.0 Å². The number of carbonyl (C=O) groups is 1. The van der Waals surface area contributed by atoms with E-state index in [0.717, 1.165) is 12.8 Å². The first kappa shape index (κ1) is 16.5. The molecule has 0 spiro atoms. The van der Waals surface area contributed by atoms with Gasteiger partial charge in [-0.15, -0.1) is 11.3 Å². The van der Waals surface area contributed by atoms with Gasteiger partial charge in [0.25, 0.3) is 5.91 Å². The van der Waals surface area contributed by atoms with E-state index in [0.29, 0.717) is 26.4 Å². The number of hydrazone groups is 1. The monoisotopic (exact) mass is 366 g/mol. The van der Waals surface area contributed by atoms with Gasteiger partial charge in [-0.1, -0.05) is 42.3 Å². The molecule has 1 amide bonds. The normalized spacial score (nSPS) is 17.3. The van der Waals surface area contributed by atoms with Crippen molar-refractivity contribution in [2.45, 2.75) is 26.2 Å². The van der Waals surface area contributed by atoms with Gasteiger partial charge in [-0.3, -0.25) is 4.79 Å². The fourth-order valence-corrected chi connectivity index (χ4v) is 4.11. The molecular weight excluding hydrogens is 351 g/mol. The molecular formula is C17H16Cl2N2OS. The van der Waals surface area contributed by atoms with Crippen LogP contribution < -0.4 is 5.43 Å². The molecule has 6 heteroatoms.